The predicted octanol–water partition coefficient (Wildman–Crippen LogP) is 4.10. The van der Waals surface area contributed by atoms with Crippen molar-refractivity contribution in [1.82, 2.24) is 24.5 Å². The van der Waals surface area contributed by atoms with Gasteiger partial charge in [0.05, 0.1) is 18.3 Å². The van der Waals surface area contributed by atoms with Crippen LogP contribution in [0.2, 0.25) is 0 Å². The molecule has 0 bridgehead atoms. The Morgan fingerprint density at radius 2 is 1.97 bits per heavy atom. The van der Waals surface area contributed by atoms with E-state index in [-0.39, 0.29) is 5.56 Å². The van der Waals surface area contributed by atoms with Gasteiger partial charge in [0, 0.05) is 37.4 Å². The first-order chi connectivity index (χ1) is 16.0. The van der Waals surface area contributed by atoms with E-state index in [1.54, 1.807) is 30.7 Å². The lowest BCUT2D eigenvalue weighted by Crippen LogP contribution is -2.18. The highest BCUT2D eigenvalue weighted by molar-refractivity contribution is 7.25. The molecule has 5 rings (SSSR count). The lowest BCUT2D eigenvalue weighted by molar-refractivity contribution is 0.415. The maximum atomic E-state index is 13.1. The number of thiophene rings is 1. The highest BCUT2D eigenvalue weighted by Crippen LogP contribution is 2.39. The van der Waals surface area contributed by atoms with Crippen LogP contribution in [0.5, 0.6) is 5.75 Å². The van der Waals surface area contributed by atoms with Crippen LogP contribution < -0.4 is 10.3 Å². The van der Waals surface area contributed by atoms with Gasteiger partial charge in [-0.25, -0.2) is 9.97 Å². The number of nitrogens with zero attached hydrogens (tertiary/aromatic N) is 6. The van der Waals surface area contributed by atoms with Gasteiger partial charge in [0.15, 0.2) is 0 Å². The molecule has 0 aliphatic heterocycles. The average molecular weight is 457 g/mol. The van der Waals surface area contributed by atoms with Crippen molar-refractivity contribution in [3.05, 3.63) is 71.5 Å². The summed E-state index contributed by atoms with van der Waals surface area (Å²) in [6.45, 7) is 0. The molecule has 0 N–H and O–H groups in total. The first-order valence-corrected chi connectivity index (χ1v) is 11.0. The van der Waals surface area contributed by atoms with Gasteiger partial charge >= 0.3 is 0 Å². The molecule has 0 saturated heterocycles. The molecule has 0 fully saturated rings. The fourth-order valence-electron chi connectivity index (χ4n) is 3.52. The number of rotatable bonds is 5. The number of pyridine rings is 2. The smallest absolute Gasteiger partial charge is 0.292 e. The number of methoxy groups -OCH3 is 1. The Bertz CT molecular complexity index is 1540. The first kappa shape index (κ1) is 20.8. The summed E-state index contributed by atoms with van der Waals surface area (Å²) >= 11 is 1.32. The zero-order valence-corrected chi connectivity index (χ0v) is 19.1. The second kappa shape index (κ2) is 8.44. The van der Waals surface area contributed by atoms with Gasteiger partial charge in [-0.3, -0.25) is 9.78 Å². The summed E-state index contributed by atoms with van der Waals surface area (Å²) in [5.74, 6) is 0.770. The van der Waals surface area contributed by atoms with Crippen LogP contribution in [-0.2, 0) is 0 Å². The van der Waals surface area contributed by atoms with Crippen LogP contribution in [0.25, 0.3) is 42.8 Å². The maximum absolute atomic E-state index is 13.1. The molecule has 5 aromatic rings. The molecule has 9 heteroatoms. The van der Waals surface area contributed by atoms with E-state index in [9.17, 15) is 4.79 Å². The summed E-state index contributed by atoms with van der Waals surface area (Å²) in [5.41, 5.74) is 3.97. The van der Waals surface area contributed by atoms with Gasteiger partial charge in [0.2, 0.25) is 0 Å². The van der Waals surface area contributed by atoms with Gasteiger partial charge in [-0.15, -0.1) is 11.3 Å². The number of fused-ring (bicyclic) bond motifs is 3. The number of hydrogen-bond acceptors (Lipinski definition) is 7. The predicted molar refractivity (Wildman–Crippen MR) is 132 cm³/mol. The molecule has 1 aromatic carbocycles. The van der Waals surface area contributed by atoms with Gasteiger partial charge < -0.3 is 9.64 Å². The van der Waals surface area contributed by atoms with Crippen LogP contribution in [-0.4, -0.2) is 52.1 Å². The van der Waals surface area contributed by atoms with Crippen molar-refractivity contribution in [2.75, 3.05) is 21.2 Å². The Morgan fingerprint density at radius 1 is 1.15 bits per heavy atom. The highest BCUT2D eigenvalue weighted by atomic mass is 32.1. The average Bonchev–Trinajstić information content (AvgIpc) is 3.23. The van der Waals surface area contributed by atoms with Crippen LogP contribution in [0.4, 0.5) is 0 Å². The van der Waals surface area contributed by atoms with E-state index < -0.39 is 0 Å². The van der Waals surface area contributed by atoms with Gasteiger partial charge in [-0.1, -0.05) is 12.1 Å². The minimum atomic E-state index is -0.232. The van der Waals surface area contributed by atoms with Crippen molar-refractivity contribution in [1.29, 1.82) is 0 Å². The zero-order chi connectivity index (χ0) is 22.9. The third-order valence-electron chi connectivity index (χ3n) is 5.10. The molecule has 0 atom stereocenters. The summed E-state index contributed by atoms with van der Waals surface area (Å²) in [7, 11) is 5.32. The minimum Gasteiger partial charge on any atom is -0.497 e. The van der Waals surface area contributed by atoms with Crippen molar-refractivity contribution < 1.29 is 4.74 Å². The largest absolute Gasteiger partial charge is 0.497 e. The van der Waals surface area contributed by atoms with Gasteiger partial charge in [-0.2, -0.15) is 9.78 Å². The Labute approximate surface area is 193 Å². The third kappa shape index (κ3) is 3.83. The van der Waals surface area contributed by atoms with Crippen LogP contribution in [0.15, 0.2) is 71.1 Å². The fraction of sp³-hybridized carbons (Fsp3) is 0.125. The molecule has 8 nitrogen and oxygen atoms in total. The van der Waals surface area contributed by atoms with Gasteiger partial charge in [0.1, 0.15) is 27.9 Å². The lowest BCUT2D eigenvalue weighted by atomic mass is 10.0. The molecule has 0 unspecified atom stereocenters. The Hall–Kier alpha value is -4.11. The zero-order valence-electron chi connectivity index (χ0n) is 18.3. The molecular formula is C24H20N6O2S. The third-order valence-corrected chi connectivity index (χ3v) is 6.16. The van der Waals surface area contributed by atoms with Crippen molar-refractivity contribution in [3.8, 4) is 28.1 Å². The summed E-state index contributed by atoms with van der Waals surface area (Å²) in [6, 6.07) is 13.7. The summed E-state index contributed by atoms with van der Waals surface area (Å²) in [5, 5.41) is 5.04. The van der Waals surface area contributed by atoms with E-state index in [1.807, 2.05) is 56.6 Å². The van der Waals surface area contributed by atoms with E-state index in [2.05, 4.69) is 15.1 Å². The number of benzene rings is 1. The number of hydrogen-bond donors (Lipinski definition) is 0. The Balaban J connectivity index is 1.81. The second-order valence-corrected chi connectivity index (χ2v) is 8.57. The molecule has 0 amide bonds. The van der Waals surface area contributed by atoms with E-state index in [0.29, 0.717) is 10.2 Å². The number of ether oxygens (including phenoxy) is 1. The molecule has 4 aromatic heterocycles. The van der Waals surface area contributed by atoms with Crippen molar-refractivity contribution in [2.24, 2.45) is 5.10 Å². The van der Waals surface area contributed by atoms with Crippen molar-refractivity contribution in [2.45, 2.75) is 0 Å². The normalized spacial score (nSPS) is 11.5. The summed E-state index contributed by atoms with van der Waals surface area (Å²) in [6.07, 6.45) is 6.51. The Morgan fingerprint density at radius 3 is 2.67 bits per heavy atom. The summed E-state index contributed by atoms with van der Waals surface area (Å²) in [4.78, 5) is 29.3. The Kier molecular flexibility index (Phi) is 5.31. The standard InChI is InChI=1S/C24H20N6O2S/c1-29(2)14-27-30-13-26-21-20-18(15-6-8-17(32-3)9-7-15)11-19(16-5-4-10-25-12-16)28-23(20)33-22(21)24(30)31/h4-14H,1-3H3/b27-14+. The fourth-order valence-corrected chi connectivity index (χ4v) is 4.60. The molecule has 0 spiro atoms. The van der Waals surface area contributed by atoms with Gasteiger partial charge in [-0.05, 0) is 41.5 Å². The molecular weight excluding hydrogens is 436 g/mol. The van der Waals surface area contributed by atoms with Crippen LogP contribution in [0.3, 0.4) is 0 Å². The summed E-state index contributed by atoms with van der Waals surface area (Å²) < 4.78 is 7.07. The van der Waals surface area contributed by atoms with Gasteiger partial charge in [0.25, 0.3) is 5.56 Å². The van der Waals surface area contributed by atoms with E-state index in [4.69, 9.17) is 9.72 Å². The second-order valence-electron chi connectivity index (χ2n) is 7.57. The monoisotopic (exact) mass is 456 g/mol. The molecule has 4 heterocycles. The molecule has 0 radical (unpaired) electrons. The first-order valence-electron chi connectivity index (χ1n) is 10.2. The molecule has 164 valence electrons. The highest BCUT2D eigenvalue weighted by Gasteiger charge is 2.19. The van der Waals surface area contributed by atoms with E-state index in [0.717, 1.165) is 38.4 Å². The molecule has 0 aliphatic carbocycles. The SMILES string of the molecule is COc1ccc(-c2cc(-c3cccnc3)nc3sc4c(=O)n(/N=C/N(C)C)cnc4c23)cc1. The van der Waals surface area contributed by atoms with E-state index >= 15 is 0 Å². The number of aromatic nitrogens is 4. The molecule has 0 aliphatic rings. The quantitative estimate of drug-likeness (QED) is 0.292. The van der Waals surface area contributed by atoms with Crippen molar-refractivity contribution >= 4 is 38.1 Å². The topological polar surface area (TPSA) is 85.5 Å². The van der Waals surface area contributed by atoms with Crippen LogP contribution in [0.1, 0.15) is 0 Å². The molecule has 0 saturated carbocycles. The lowest BCUT2D eigenvalue weighted by Gasteiger charge is -2.09. The van der Waals surface area contributed by atoms with Crippen molar-refractivity contribution in [3.63, 3.8) is 0 Å². The minimum absolute atomic E-state index is 0.232. The van der Waals surface area contributed by atoms with Crippen LogP contribution >= 0.6 is 11.3 Å². The van der Waals surface area contributed by atoms with Crippen LogP contribution in [0, 0.1) is 0 Å². The van der Waals surface area contributed by atoms with E-state index in [1.165, 1.54) is 22.3 Å². The maximum Gasteiger partial charge on any atom is 0.292 e. The molecule has 33 heavy (non-hydrogen) atoms.